The molecule has 0 aromatic heterocycles. The van der Waals surface area contributed by atoms with E-state index in [0.717, 1.165) is 11.3 Å². The highest BCUT2D eigenvalue weighted by molar-refractivity contribution is 6.00. The second kappa shape index (κ2) is 8.27. The first-order chi connectivity index (χ1) is 14.0. The van der Waals surface area contributed by atoms with Gasteiger partial charge in [-0.15, -0.1) is 0 Å². The summed E-state index contributed by atoms with van der Waals surface area (Å²) in [5, 5.41) is 0. The summed E-state index contributed by atoms with van der Waals surface area (Å²) in [4.78, 5) is 29.6. The van der Waals surface area contributed by atoms with Crippen LogP contribution in [0.1, 0.15) is 38.7 Å². The minimum absolute atomic E-state index is 0.0951. The first kappa shape index (κ1) is 19.5. The van der Waals surface area contributed by atoms with E-state index in [1.165, 1.54) is 12.8 Å². The Morgan fingerprint density at radius 1 is 1.14 bits per heavy atom. The number of hydrogen-bond acceptors (Lipinski definition) is 3. The monoisotopic (exact) mass is 392 g/mol. The smallest absolute Gasteiger partial charge is 0.267 e. The average molecular weight is 392 g/mol. The maximum atomic E-state index is 13.2. The summed E-state index contributed by atoms with van der Waals surface area (Å²) in [6, 6.07) is 17.8. The van der Waals surface area contributed by atoms with Crippen LogP contribution in [-0.2, 0) is 16.1 Å². The van der Waals surface area contributed by atoms with Crippen molar-refractivity contribution in [2.45, 2.75) is 51.8 Å². The summed E-state index contributed by atoms with van der Waals surface area (Å²) in [5.74, 6) is 1.28. The molecule has 0 saturated heterocycles. The summed E-state index contributed by atoms with van der Waals surface area (Å²) in [6.45, 7) is 4.88. The number of carbonyl (C=O) groups is 2. The SMILES string of the molecule is CC1Oc2ccccc2N(CCC(=O)N(Cc2ccccc2)C(C)C2CC2)C1=O. The first-order valence-corrected chi connectivity index (χ1v) is 10.4. The number of para-hydroxylation sites is 2. The van der Waals surface area contributed by atoms with Crippen molar-refractivity contribution in [3.05, 3.63) is 60.2 Å². The molecule has 1 saturated carbocycles. The van der Waals surface area contributed by atoms with Crippen LogP contribution in [0.2, 0.25) is 0 Å². The van der Waals surface area contributed by atoms with Crippen LogP contribution in [0, 0.1) is 5.92 Å². The zero-order chi connectivity index (χ0) is 20.4. The van der Waals surface area contributed by atoms with Crippen LogP contribution in [-0.4, -0.2) is 35.4 Å². The third-order valence-electron chi connectivity index (χ3n) is 5.93. The molecule has 0 radical (unpaired) electrons. The summed E-state index contributed by atoms with van der Waals surface area (Å²) in [5.41, 5.74) is 1.88. The molecular formula is C24H28N2O3. The minimum atomic E-state index is -0.536. The Kier molecular flexibility index (Phi) is 5.56. The molecule has 152 valence electrons. The molecule has 1 aliphatic heterocycles. The van der Waals surface area contributed by atoms with Crippen LogP contribution in [0.5, 0.6) is 5.75 Å². The second-order valence-electron chi connectivity index (χ2n) is 8.05. The maximum Gasteiger partial charge on any atom is 0.267 e. The van der Waals surface area contributed by atoms with E-state index in [0.29, 0.717) is 31.2 Å². The number of ether oxygens (including phenoxy) is 1. The average Bonchev–Trinajstić information content (AvgIpc) is 3.58. The minimum Gasteiger partial charge on any atom is -0.479 e. The van der Waals surface area contributed by atoms with Gasteiger partial charge in [-0.05, 0) is 50.3 Å². The lowest BCUT2D eigenvalue weighted by Gasteiger charge is -2.34. The fourth-order valence-electron chi connectivity index (χ4n) is 4.01. The third-order valence-corrected chi connectivity index (χ3v) is 5.93. The van der Waals surface area contributed by atoms with Crippen LogP contribution >= 0.6 is 0 Å². The molecule has 0 N–H and O–H groups in total. The molecule has 2 unspecified atom stereocenters. The van der Waals surface area contributed by atoms with Crippen molar-refractivity contribution < 1.29 is 14.3 Å². The first-order valence-electron chi connectivity index (χ1n) is 10.4. The molecule has 5 nitrogen and oxygen atoms in total. The number of hydrogen-bond donors (Lipinski definition) is 0. The zero-order valence-corrected chi connectivity index (χ0v) is 17.1. The normalized spacial score (nSPS) is 19.3. The van der Waals surface area contributed by atoms with E-state index < -0.39 is 6.10 Å². The van der Waals surface area contributed by atoms with Crippen LogP contribution in [0.15, 0.2) is 54.6 Å². The maximum absolute atomic E-state index is 13.2. The Morgan fingerprint density at radius 2 is 1.83 bits per heavy atom. The van der Waals surface area contributed by atoms with Gasteiger partial charge in [-0.25, -0.2) is 0 Å². The highest BCUT2D eigenvalue weighted by Gasteiger charge is 2.35. The summed E-state index contributed by atoms with van der Waals surface area (Å²) < 4.78 is 5.70. The van der Waals surface area contributed by atoms with Gasteiger partial charge in [0.25, 0.3) is 5.91 Å². The van der Waals surface area contributed by atoms with E-state index in [1.54, 1.807) is 11.8 Å². The fourth-order valence-corrected chi connectivity index (χ4v) is 4.01. The molecule has 2 aliphatic rings. The quantitative estimate of drug-likeness (QED) is 0.715. The van der Waals surface area contributed by atoms with Gasteiger partial charge >= 0.3 is 0 Å². The topological polar surface area (TPSA) is 49.9 Å². The van der Waals surface area contributed by atoms with Gasteiger partial charge in [-0.2, -0.15) is 0 Å². The number of carbonyl (C=O) groups excluding carboxylic acids is 2. The van der Waals surface area contributed by atoms with Gasteiger partial charge < -0.3 is 14.5 Å². The number of rotatable bonds is 7. The van der Waals surface area contributed by atoms with E-state index in [-0.39, 0.29) is 17.9 Å². The molecule has 4 rings (SSSR count). The van der Waals surface area contributed by atoms with Crippen LogP contribution in [0.4, 0.5) is 5.69 Å². The molecule has 0 bridgehead atoms. The van der Waals surface area contributed by atoms with E-state index in [9.17, 15) is 9.59 Å². The second-order valence-corrected chi connectivity index (χ2v) is 8.05. The largest absolute Gasteiger partial charge is 0.479 e. The van der Waals surface area contributed by atoms with Crippen molar-refractivity contribution in [1.82, 2.24) is 4.90 Å². The van der Waals surface area contributed by atoms with E-state index in [4.69, 9.17) is 4.74 Å². The molecule has 1 fully saturated rings. The summed E-state index contributed by atoms with van der Waals surface area (Å²) >= 11 is 0. The van der Waals surface area contributed by atoms with Gasteiger partial charge in [-0.3, -0.25) is 9.59 Å². The van der Waals surface area contributed by atoms with Gasteiger partial charge in [0.05, 0.1) is 5.69 Å². The fraction of sp³-hybridized carbons (Fsp3) is 0.417. The number of amides is 2. The van der Waals surface area contributed by atoms with Crippen molar-refractivity contribution in [2.75, 3.05) is 11.4 Å². The molecule has 29 heavy (non-hydrogen) atoms. The van der Waals surface area contributed by atoms with Crippen LogP contribution in [0.3, 0.4) is 0 Å². The lowest BCUT2D eigenvalue weighted by Crippen LogP contribution is -2.47. The van der Waals surface area contributed by atoms with Crippen LogP contribution in [0.25, 0.3) is 0 Å². The molecule has 1 heterocycles. The Hall–Kier alpha value is -2.82. The summed E-state index contributed by atoms with van der Waals surface area (Å²) in [6.07, 6.45) is 2.14. The molecule has 0 spiro atoms. The Balaban J connectivity index is 1.48. The standard InChI is InChI=1S/C24H28N2O3/c1-17(20-12-13-20)26(16-19-8-4-3-5-9-19)23(27)14-15-25-21-10-6-7-11-22(21)29-18(2)24(25)28/h3-11,17-18,20H,12-16H2,1-2H3. The lowest BCUT2D eigenvalue weighted by atomic mass is 10.1. The molecule has 5 heteroatoms. The molecule has 2 aromatic rings. The summed E-state index contributed by atoms with van der Waals surface area (Å²) in [7, 11) is 0. The molecule has 1 aliphatic carbocycles. The van der Waals surface area contributed by atoms with Crippen molar-refractivity contribution >= 4 is 17.5 Å². The van der Waals surface area contributed by atoms with Crippen LogP contribution < -0.4 is 9.64 Å². The van der Waals surface area contributed by atoms with Crippen molar-refractivity contribution in [1.29, 1.82) is 0 Å². The third kappa shape index (κ3) is 4.29. The number of nitrogens with zero attached hydrogens (tertiary/aromatic N) is 2. The molecular weight excluding hydrogens is 364 g/mol. The number of benzene rings is 2. The van der Waals surface area contributed by atoms with Gasteiger partial charge in [0, 0.05) is 25.6 Å². The molecule has 2 atom stereocenters. The highest BCUT2D eigenvalue weighted by atomic mass is 16.5. The van der Waals surface area contributed by atoms with Gasteiger partial charge in [0.1, 0.15) is 5.75 Å². The predicted molar refractivity (Wildman–Crippen MR) is 113 cm³/mol. The Labute approximate surface area is 172 Å². The van der Waals surface area contributed by atoms with Gasteiger partial charge in [-0.1, -0.05) is 42.5 Å². The molecule has 2 aromatic carbocycles. The number of fused-ring (bicyclic) bond motifs is 1. The zero-order valence-electron chi connectivity index (χ0n) is 17.1. The Bertz CT molecular complexity index is 879. The van der Waals surface area contributed by atoms with Crippen molar-refractivity contribution in [2.24, 2.45) is 5.92 Å². The molecule has 2 amide bonds. The van der Waals surface area contributed by atoms with E-state index in [1.807, 2.05) is 47.4 Å². The van der Waals surface area contributed by atoms with Crippen molar-refractivity contribution in [3.63, 3.8) is 0 Å². The predicted octanol–water partition coefficient (Wildman–Crippen LogP) is 4.02. The van der Waals surface area contributed by atoms with Gasteiger partial charge in [0.15, 0.2) is 6.10 Å². The van der Waals surface area contributed by atoms with Gasteiger partial charge in [0.2, 0.25) is 5.91 Å². The van der Waals surface area contributed by atoms with Crippen molar-refractivity contribution in [3.8, 4) is 5.75 Å². The van der Waals surface area contributed by atoms with E-state index in [2.05, 4.69) is 19.1 Å². The number of anilines is 1. The highest BCUT2D eigenvalue weighted by Crippen LogP contribution is 2.36. The van der Waals surface area contributed by atoms with E-state index >= 15 is 0 Å². The lowest BCUT2D eigenvalue weighted by molar-refractivity contribution is -0.134. The Morgan fingerprint density at radius 3 is 2.55 bits per heavy atom.